The number of hydrogen-bond acceptors (Lipinski definition) is 6. The van der Waals surface area contributed by atoms with Gasteiger partial charge in [-0.3, -0.25) is 13.6 Å². The van der Waals surface area contributed by atoms with E-state index in [4.69, 9.17) is 10.2 Å². The lowest BCUT2D eigenvalue weighted by Gasteiger charge is -2.14. The van der Waals surface area contributed by atoms with Gasteiger partial charge in [0, 0.05) is 14.2 Å². The van der Waals surface area contributed by atoms with Crippen LogP contribution in [0.25, 0.3) is 0 Å². The van der Waals surface area contributed by atoms with E-state index in [1.165, 1.54) is 0 Å². The lowest BCUT2D eigenvalue weighted by molar-refractivity contribution is 0.0362. The molecule has 0 heterocycles. The molecule has 0 fully saturated rings. The molecular formula is C5H13O6P. The van der Waals surface area contributed by atoms with Gasteiger partial charge in [0.05, 0.1) is 13.2 Å². The lowest BCUT2D eigenvalue weighted by atomic mass is 10.4. The van der Waals surface area contributed by atoms with Crippen molar-refractivity contribution in [2.75, 3.05) is 27.4 Å². The van der Waals surface area contributed by atoms with Gasteiger partial charge in [0.1, 0.15) is 6.10 Å². The molecule has 0 aromatic rings. The van der Waals surface area contributed by atoms with Crippen LogP contribution in [-0.4, -0.2) is 43.8 Å². The number of aliphatic hydroxyl groups excluding tert-OH is 2. The molecule has 0 aromatic heterocycles. The van der Waals surface area contributed by atoms with Gasteiger partial charge >= 0.3 is 7.82 Å². The molecule has 0 spiro atoms. The van der Waals surface area contributed by atoms with Crippen LogP contribution in [0.15, 0.2) is 0 Å². The molecule has 0 bridgehead atoms. The van der Waals surface area contributed by atoms with Gasteiger partial charge in [0.15, 0.2) is 0 Å². The summed E-state index contributed by atoms with van der Waals surface area (Å²) >= 11 is 0. The van der Waals surface area contributed by atoms with E-state index in [1.54, 1.807) is 0 Å². The van der Waals surface area contributed by atoms with Crippen LogP contribution in [0.2, 0.25) is 0 Å². The van der Waals surface area contributed by atoms with Crippen molar-refractivity contribution >= 4 is 7.82 Å². The van der Waals surface area contributed by atoms with E-state index in [2.05, 4.69) is 13.6 Å². The van der Waals surface area contributed by atoms with Crippen molar-refractivity contribution in [1.82, 2.24) is 0 Å². The highest BCUT2D eigenvalue weighted by Gasteiger charge is 2.23. The number of phosphoric ester groups is 1. The van der Waals surface area contributed by atoms with E-state index in [-0.39, 0.29) is 6.61 Å². The summed E-state index contributed by atoms with van der Waals surface area (Å²) < 4.78 is 24.5. The summed E-state index contributed by atoms with van der Waals surface area (Å²) in [6.45, 7) is -0.761. The number of aliphatic hydroxyl groups is 2. The average molecular weight is 200 g/mol. The Hall–Kier alpha value is 0.0300. The fourth-order valence-corrected chi connectivity index (χ4v) is 1.12. The van der Waals surface area contributed by atoms with Gasteiger partial charge < -0.3 is 10.2 Å². The summed E-state index contributed by atoms with van der Waals surface area (Å²) in [6, 6.07) is 0. The average Bonchev–Trinajstić information content (AvgIpc) is 2.13. The third kappa shape index (κ3) is 4.15. The maximum atomic E-state index is 11.1. The second kappa shape index (κ2) is 5.64. The van der Waals surface area contributed by atoms with Crippen molar-refractivity contribution in [1.29, 1.82) is 0 Å². The highest BCUT2D eigenvalue weighted by atomic mass is 31.2. The van der Waals surface area contributed by atoms with E-state index in [1.807, 2.05) is 0 Å². The molecule has 0 aliphatic carbocycles. The first kappa shape index (κ1) is 12.0. The third-order valence-corrected chi connectivity index (χ3v) is 2.44. The number of hydrogen-bond donors (Lipinski definition) is 2. The van der Waals surface area contributed by atoms with E-state index >= 15 is 0 Å². The van der Waals surface area contributed by atoms with Crippen molar-refractivity contribution < 1.29 is 28.3 Å². The zero-order valence-electron chi connectivity index (χ0n) is 6.97. The minimum atomic E-state index is -3.52. The lowest BCUT2D eigenvalue weighted by Crippen LogP contribution is -2.18. The summed E-state index contributed by atoms with van der Waals surface area (Å²) in [5, 5.41) is 17.2. The van der Waals surface area contributed by atoms with Gasteiger partial charge in [0.25, 0.3) is 0 Å². The summed E-state index contributed by atoms with van der Waals surface area (Å²) in [7, 11) is -1.19. The van der Waals surface area contributed by atoms with Gasteiger partial charge in [-0.15, -0.1) is 0 Å². The van der Waals surface area contributed by atoms with Crippen LogP contribution in [0.3, 0.4) is 0 Å². The highest BCUT2D eigenvalue weighted by Crippen LogP contribution is 2.47. The molecule has 1 atom stereocenters. The molecule has 0 aliphatic rings. The molecule has 7 heteroatoms. The Morgan fingerprint density at radius 1 is 1.42 bits per heavy atom. The molecule has 0 radical (unpaired) electrons. The molecule has 0 aliphatic heterocycles. The van der Waals surface area contributed by atoms with Crippen LogP contribution >= 0.6 is 7.82 Å². The minimum absolute atomic E-state index is 0.296. The van der Waals surface area contributed by atoms with Crippen molar-refractivity contribution in [2.45, 2.75) is 6.10 Å². The fourth-order valence-electron chi connectivity index (χ4n) is 0.410. The Bertz CT molecular complexity index is 152. The van der Waals surface area contributed by atoms with Crippen LogP contribution in [-0.2, 0) is 18.1 Å². The fraction of sp³-hybridized carbons (Fsp3) is 1.00. The molecule has 74 valence electrons. The van der Waals surface area contributed by atoms with E-state index in [0.29, 0.717) is 0 Å². The van der Waals surface area contributed by atoms with E-state index < -0.39 is 20.5 Å². The molecule has 1 unspecified atom stereocenters. The molecule has 6 nitrogen and oxygen atoms in total. The Morgan fingerprint density at radius 2 is 1.92 bits per heavy atom. The SMILES string of the molecule is COP(=O)(OC)OCC(O)CO. The van der Waals surface area contributed by atoms with E-state index in [0.717, 1.165) is 14.2 Å². The predicted octanol–water partition coefficient (Wildman–Crippen LogP) is -0.243. The molecule has 12 heavy (non-hydrogen) atoms. The first-order valence-electron chi connectivity index (χ1n) is 3.23. The number of rotatable bonds is 6. The molecule has 0 aromatic carbocycles. The zero-order chi connectivity index (χ0) is 9.61. The molecule has 2 N–H and O–H groups in total. The second-order valence-electron chi connectivity index (χ2n) is 1.94. The third-order valence-electron chi connectivity index (χ3n) is 1.08. The van der Waals surface area contributed by atoms with E-state index in [9.17, 15) is 4.57 Å². The minimum Gasteiger partial charge on any atom is -0.394 e. The first-order chi connectivity index (χ1) is 5.58. The second-order valence-corrected chi connectivity index (χ2v) is 3.83. The van der Waals surface area contributed by atoms with Crippen LogP contribution < -0.4 is 0 Å². The Labute approximate surface area is 70.7 Å². The Kier molecular flexibility index (Phi) is 5.65. The maximum Gasteiger partial charge on any atom is 0.474 e. The molecule has 0 saturated heterocycles. The van der Waals surface area contributed by atoms with Gasteiger partial charge in [0.2, 0.25) is 0 Å². The normalized spacial score (nSPS) is 14.7. The molecular weight excluding hydrogens is 187 g/mol. The molecule has 0 saturated carbocycles. The van der Waals surface area contributed by atoms with Gasteiger partial charge in [-0.1, -0.05) is 0 Å². The predicted molar refractivity (Wildman–Crippen MR) is 40.7 cm³/mol. The van der Waals surface area contributed by atoms with Gasteiger partial charge in [-0.05, 0) is 0 Å². The standard InChI is InChI=1S/C5H13O6P/c1-9-12(8,10-2)11-4-5(7)3-6/h5-7H,3-4H2,1-2H3. The Balaban J connectivity index is 3.81. The van der Waals surface area contributed by atoms with Crippen LogP contribution in [0, 0.1) is 0 Å². The van der Waals surface area contributed by atoms with Gasteiger partial charge in [-0.25, -0.2) is 4.57 Å². The quantitative estimate of drug-likeness (QED) is 0.575. The summed E-state index contributed by atoms with van der Waals surface area (Å²) in [5.41, 5.74) is 0. The number of phosphoric acid groups is 1. The monoisotopic (exact) mass is 200 g/mol. The topological polar surface area (TPSA) is 85.2 Å². The van der Waals surface area contributed by atoms with Crippen LogP contribution in [0.1, 0.15) is 0 Å². The first-order valence-corrected chi connectivity index (χ1v) is 4.69. The maximum absolute atomic E-state index is 11.1. The largest absolute Gasteiger partial charge is 0.474 e. The zero-order valence-corrected chi connectivity index (χ0v) is 7.86. The van der Waals surface area contributed by atoms with Crippen molar-refractivity contribution in [3.63, 3.8) is 0 Å². The summed E-state index contributed by atoms with van der Waals surface area (Å²) in [6.07, 6.45) is -1.08. The van der Waals surface area contributed by atoms with Gasteiger partial charge in [-0.2, -0.15) is 0 Å². The smallest absolute Gasteiger partial charge is 0.394 e. The van der Waals surface area contributed by atoms with Crippen molar-refractivity contribution in [3.05, 3.63) is 0 Å². The molecule has 0 amide bonds. The highest BCUT2D eigenvalue weighted by molar-refractivity contribution is 7.48. The summed E-state index contributed by atoms with van der Waals surface area (Å²) in [5.74, 6) is 0. The van der Waals surface area contributed by atoms with Crippen molar-refractivity contribution in [3.8, 4) is 0 Å². The van der Waals surface area contributed by atoms with Crippen LogP contribution in [0.4, 0.5) is 0 Å². The Morgan fingerprint density at radius 3 is 2.25 bits per heavy atom. The summed E-state index contributed by atoms with van der Waals surface area (Å²) in [4.78, 5) is 0. The van der Waals surface area contributed by atoms with Crippen molar-refractivity contribution in [2.24, 2.45) is 0 Å². The molecule has 0 rings (SSSR count). The van der Waals surface area contributed by atoms with Crippen LogP contribution in [0.5, 0.6) is 0 Å².